The fraction of sp³-hybridized carbons (Fsp3) is 0.600. The molecular weight excluding hydrogens is 178 g/mol. The Hall–Kier alpha value is -1.32. The van der Waals surface area contributed by atoms with E-state index >= 15 is 0 Å². The maximum Gasteiger partial charge on any atom is 0.325 e. The number of nitrogens with zero attached hydrogens (tertiary/aromatic N) is 3. The van der Waals surface area contributed by atoms with Crippen LogP contribution >= 0.6 is 0 Å². The van der Waals surface area contributed by atoms with E-state index in [-0.39, 0.29) is 0 Å². The van der Waals surface area contributed by atoms with Crippen LogP contribution in [0.5, 0.6) is 0 Å². The molecule has 0 aliphatic carbocycles. The first-order valence-corrected chi connectivity index (χ1v) is 4.98. The molecule has 0 saturated heterocycles. The zero-order valence-corrected chi connectivity index (χ0v) is 9.03. The second-order valence-electron chi connectivity index (χ2n) is 3.78. The molecule has 4 heteroatoms. The minimum atomic E-state index is 0.342. The lowest BCUT2D eigenvalue weighted by atomic mass is 10.2. The van der Waals surface area contributed by atoms with Gasteiger partial charge in [0.1, 0.15) is 5.76 Å². The van der Waals surface area contributed by atoms with E-state index in [0.29, 0.717) is 11.8 Å². The van der Waals surface area contributed by atoms with Crippen LogP contribution in [-0.4, -0.2) is 14.6 Å². The quantitative estimate of drug-likeness (QED) is 0.735. The van der Waals surface area contributed by atoms with Crippen molar-refractivity contribution in [3.05, 3.63) is 17.3 Å². The van der Waals surface area contributed by atoms with E-state index in [1.54, 1.807) is 4.52 Å². The molecule has 0 N–H and O–H groups in total. The van der Waals surface area contributed by atoms with Crippen LogP contribution in [0.3, 0.4) is 0 Å². The van der Waals surface area contributed by atoms with E-state index in [0.717, 1.165) is 23.7 Å². The molecule has 0 aliphatic heterocycles. The first-order chi connectivity index (χ1) is 6.63. The van der Waals surface area contributed by atoms with Crippen molar-refractivity contribution in [2.24, 2.45) is 0 Å². The van der Waals surface area contributed by atoms with Crippen LogP contribution < -0.4 is 0 Å². The molecule has 0 atom stereocenters. The lowest BCUT2D eigenvalue weighted by Crippen LogP contribution is -1.94. The average molecular weight is 193 g/mol. The SMILES string of the molecule is CCc1oc2nc(C(C)C)nn2c1C. The summed E-state index contributed by atoms with van der Waals surface area (Å²) in [7, 11) is 0. The van der Waals surface area contributed by atoms with Gasteiger partial charge >= 0.3 is 5.84 Å². The Balaban J connectivity index is 2.59. The number of oxazole rings is 1. The number of hydrogen-bond donors (Lipinski definition) is 0. The minimum Gasteiger partial charge on any atom is -0.427 e. The molecular formula is C10H15N3O. The van der Waals surface area contributed by atoms with Crippen LogP contribution in [0.15, 0.2) is 4.42 Å². The van der Waals surface area contributed by atoms with Crippen molar-refractivity contribution in [2.45, 2.75) is 40.0 Å². The molecule has 0 aromatic carbocycles. The van der Waals surface area contributed by atoms with Gasteiger partial charge in [-0.25, -0.2) is 0 Å². The molecule has 0 spiro atoms. The van der Waals surface area contributed by atoms with Crippen molar-refractivity contribution < 1.29 is 4.42 Å². The van der Waals surface area contributed by atoms with Crippen molar-refractivity contribution in [3.63, 3.8) is 0 Å². The molecule has 0 unspecified atom stereocenters. The summed E-state index contributed by atoms with van der Waals surface area (Å²) in [5.41, 5.74) is 1.06. The van der Waals surface area contributed by atoms with Gasteiger partial charge in [0.2, 0.25) is 0 Å². The van der Waals surface area contributed by atoms with Crippen LogP contribution in [0, 0.1) is 6.92 Å². The Morgan fingerprint density at radius 1 is 1.43 bits per heavy atom. The number of aryl methyl sites for hydroxylation is 2. The van der Waals surface area contributed by atoms with E-state index in [1.165, 1.54) is 0 Å². The molecule has 0 bridgehead atoms. The molecule has 0 aliphatic rings. The Bertz CT molecular complexity index is 453. The third kappa shape index (κ3) is 1.22. The summed E-state index contributed by atoms with van der Waals surface area (Å²) >= 11 is 0. The molecule has 0 saturated carbocycles. The van der Waals surface area contributed by atoms with E-state index in [2.05, 4.69) is 30.9 Å². The Kier molecular flexibility index (Phi) is 2.06. The normalized spacial score (nSPS) is 11.8. The van der Waals surface area contributed by atoms with Gasteiger partial charge in [-0.1, -0.05) is 20.8 Å². The Labute approximate surface area is 82.9 Å². The predicted octanol–water partition coefficient (Wildman–Crippen LogP) is 2.32. The van der Waals surface area contributed by atoms with Crippen LogP contribution in [-0.2, 0) is 6.42 Å². The van der Waals surface area contributed by atoms with E-state index < -0.39 is 0 Å². The minimum absolute atomic E-state index is 0.342. The highest BCUT2D eigenvalue weighted by molar-refractivity contribution is 5.29. The molecule has 2 aromatic heterocycles. The van der Waals surface area contributed by atoms with Crippen LogP contribution in [0.25, 0.3) is 5.84 Å². The Morgan fingerprint density at radius 3 is 2.64 bits per heavy atom. The van der Waals surface area contributed by atoms with Gasteiger partial charge in [0, 0.05) is 12.3 Å². The van der Waals surface area contributed by atoms with Crippen molar-refractivity contribution in [3.8, 4) is 0 Å². The van der Waals surface area contributed by atoms with Crippen molar-refractivity contribution in [1.82, 2.24) is 14.6 Å². The summed E-state index contributed by atoms with van der Waals surface area (Å²) in [5.74, 6) is 2.77. The van der Waals surface area contributed by atoms with Crippen LogP contribution in [0.4, 0.5) is 0 Å². The van der Waals surface area contributed by atoms with E-state index in [1.807, 2.05) is 6.92 Å². The van der Waals surface area contributed by atoms with Gasteiger partial charge in [-0.15, -0.1) is 5.10 Å². The maximum absolute atomic E-state index is 5.57. The van der Waals surface area contributed by atoms with Gasteiger partial charge < -0.3 is 4.42 Å². The summed E-state index contributed by atoms with van der Waals surface area (Å²) in [5, 5.41) is 4.39. The summed E-state index contributed by atoms with van der Waals surface area (Å²) in [6.07, 6.45) is 0.883. The third-order valence-corrected chi connectivity index (χ3v) is 2.37. The zero-order chi connectivity index (χ0) is 10.3. The molecule has 76 valence electrons. The molecule has 0 fully saturated rings. The monoisotopic (exact) mass is 193 g/mol. The Morgan fingerprint density at radius 2 is 2.14 bits per heavy atom. The van der Waals surface area contributed by atoms with E-state index in [4.69, 9.17) is 4.42 Å². The average Bonchev–Trinajstić information content (AvgIpc) is 2.66. The standard InChI is InChI=1S/C10H15N3O/c1-5-8-7(4)13-10(14-8)11-9(12-13)6(2)3/h6H,5H2,1-4H3. The number of fused-ring (bicyclic) bond motifs is 1. The number of aromatic nitrogens is 3. The summed E-state index contributed by atoms with van der Waals surface area (Å²) in [6.45, 7) is 8.22. The van der Waals surface area contributed by atoms with Gasteiger partial charge in [-0.3, -0.25) is 0 Å². The van der Waals surface area contributed by atoms with Crippen molar-refractivity contribution in [2.75, 3.05) is 0 Å². The second kappa shape index (κ2) is 3.12. The molecule has 2 heterocycles. The molecule has 0 radical (unpaired) electrons. The molecule has 14 heavy (non-hydrogen) atoms. The largest absolute Gasteiger partial charge is 0.427 e. The summed E-state index contributed by atoms with van der Waals surface area (Å²) in [4.78, 5) is 4.33. The topological polar surface area (TPSA) is 43.3 Å². The first-order valence-electron chi connectivity index (χ1n) is 4.98. The fourth-order valence-electron chi connectivity index (χ4n) is 1.47. The van der Waals surface area contributed by atoms with Gasteiger partial charge in [-0.2, -0.15) is 9.50 Å². The predicted molar refractivity (Wildman–Crippen MR) is 53.5 cm³/mol. The van der Waals surface area contributed by atoms with Gasteiger partial charge in [-0.05, 0) is 6.92 Å². The molecule has 2 rings (SSSR count). The number of hydrogen-bond acceptors (Lipinski definition) is 3. The highest BCUT2D eigenvalue weighted by Gasteiger charge is 2.14. The molecule has 2 aromatic rings. The number of rotatable bonds is 2. The van der Waals surface area contributed by atoms with Gasteiger partial charge in [0.15, 0.2) is 5.82 Å². The fourth-order valence-corrected chi connectivity index (χ4v) is 1.47. The third-order valence-electron chi connectivity index (χ3n) is 2.37. The highest BCUT2D eigenvalue weighted by atomic mass is 16.4. The smallest absolute Gasteiger partial charge is 0.325 e. The molecule has 4 nitrogen and oxygen atoms in total. The highest BCUT2D eigenvalue weighted by Crippen LogP contribution is 2.17. The summed E-state index contributed by atoms with van der Waals surface area (Å²) in [6, 6.07) is 0. The zero-order valence-electron chi connectivity index (χ0n) is 9.03. The van der Waals surface area contributed by atoms with Gasteiger partial charge in [0.05, 0.1) is 5.69 Å². The summed E-state index contributed by atoms with van der Waals surface area (Å²) < 4.78 is 7.35. The maximum atomic E-state index is 5.57. The van der Waals surface area contributed by atoms with Crippen LogP contribution in [0.2, 0.25) is 0 Å². The lowest BCUT2D eigenvalue weighted by molar-refractivity contribution is 0.539. The van der Waals surface area contributed by atoms with Crippen molar-refractivity contribution in [1.29, 1.82) is 0 Å². The lowest BCUT2D eigenvalue weighted by Gasteiger charge is -1.95. The van der Waals surface area contributed by atoms with Crippen LogP contribution in [0.1, 0.15) is 44.0 Å². The van der Waals surface area contributed by atoms with Crippen molar-refractivity contribution >= 4 is 5.84 Å². The van der Waals surface area contributed by atoms with Gasteiger partial charge in [0.25, 0.3) is 0 Å². The first kappa shape index (κ1) is 9.24. The second-order valence-corrected chi connectivity index (χ2v) is 3.78. The van der Waals surface area contributed by atoms with E-state index in [9.17, 15) is 0 Å². The molecule has 0 amide bonds.